The fraction of sp³-hybridized carbons (Fsp3) is 0.0800. The molecule has 4 nitrogen and oxygen atoms in total. The summed E-state index contributed by atoms with van der Waals surface area (Å²) in [5, 5.41) is 4.33. The van der Waals surface area contributed by atoms with Gasteiger partial charge in [-0.2, -0.15) is 0 Å². The first kappa shape index (κ1) is 19.3. The van der Waals surface area contributed by atoms with Gasteiger partial charge < -0.3 is 5.32 Å². The SMILES string of the molecule is Cc1ccc2nc(-c3ccc(NC(=O)c4cc(C)nc5ccc(F)cc45)cc3)sc2c1. The van der Waals surface area contributed by atoms with Gasteiger partial charge in [-0.15, -0.1) is 11.3 Å². The Morgan fingerprint density at radius 1 is 0.903 bits per heavy atom. The Morgan fingerprint density at radius 2 is 1.68 bits per heavy atom. The third-order valence-corrected chi connectivity index (χ3v) is 6.14. The van der Waals surface area contributed by atoms with Crippen molar-refractivity contribution >= 4 is 44.1 Å². The molecule has 5 aromatic rings. The van der Waals surface area contributed by atoms with Crippen LogP contribution in [0.5, 0.6) is 0 Å². The van der Waals surface area contributed by atoms with Crippen molar-refractivity contribution in [2.75, 3.05) is 5.32 Å². The predicted molar refractivity (Wildman–Crippen MR) is 124 cm³/mol. The molecule has 0 bridgehead atoms. The Morgan fingerprint density at radius 3 is 2.48 bits per heavy atom. The van der Waals surface area contributed by atoms with Crippen LogP contribution in [0.15, 0.2) is 66.7 Å². The van der Waals surface area contributed by atoms with Gasteiger partial charge in [-0.1, -0.05) is 6.07 Å². The molecule has 0 saturated heterocycles. The van der Waals surface area contributed by atoms with Crippen LogP contribution >= 0.6 is 11.3 Å². The zero-order valence-corrected chi connectivity index (χ0v) is 17.8. The third kappa shape index (κ3) is 3.78. The summed E-state index contributed by atoms with van der Waals surface area (Å²) in [6, 6.07) is 19.7. The number of anilines is 1. The molecule has 6 heteroatoms. The molecule has 0 spiro atoms. The second-order valence-electron chi connectivity index (χ2n) is 7.49. The van der Waals surface area contributed by atoms with Crippen LogP contribution in [0.4, 0.5) is 10.1 Å². The lowest BCUT2D eigenvalue weighted by Gasteiger charge is -2.10. The highest BCUT2D eigenvalue weighted by Crippen LogP contribution is 2.31. The number of rotatable bonds is 3. The molecule has 0 atom stereocenters. The van der Waals surface area contributed by atoms with Crippen LogP contribution in [0.3, 0.4) is 0 Å². The predicted octanol–water partition coefficient (Wildman–Crippen LogP) is 6.52. The highest BCUT2D eigenvalue weighted by Gasteiger charge is 2.14. The molecule has 5 rings (SSSR count). The van der Waals surface area contributed by atoms with Crippen LogP contribution in [0, 0.1) is 19.7 Å². The normalized spacial score (nSPS) is 11.2. The number of nitrogens with one attached hydrogen (secondary N) is 1. The average Bonchev–Trinajstić information content (AvgIpc) is 3.17. The second-order valence-corrected chi connectivity index (χ2v) is 8.52. The molecule has 152 valence electrons. The molecule has 2 aromatic heterocycles. The van der Waals surface area contributed by atoms with Crippen molar-refractivity contribution in [3.8, 4) is 10.6 Å². The number of aryl methyl sites for hydroxylation is 2. The fourth-order valence-electron chi connectivity index (χ4n) is 3.57. The lowest BCUT2D eigenvalue weighted by molar-refractivity contribution is 0.102. The zero-order chi connectivity index (χ0) is 21.5. The number of halogens is 1. The van der Waals surface area contributed by atoms with E-state index in [0.717, 1.165) is 20.8 Å². The number of amides is 1. The maximum Gasteiger partial charge on any atom is 0.256 e. The van der Waals surface area contributed by atoms with Crippen molar-refractivity contribution < 1.29 is 9.18 Å². The second kappa shape index (κ2) is 7.56. The molecular weight excluding hydrogens is 409 g/mol. The van der Waals surface area contributed by atoms with E-state index >= 15 is 0 Å². The molecular formula is C25H18FN3OS. The van der Waals surface area contributed by atoms with Crippen LogP contribution in [-0.2, 0) is 0 Å². The van der Waals surface area contributed by atoms with Crippen LogP contribution < -0.4 is 5.32 Å². The van der Waals surface area contributed by atoms with Crippen molar-refractivity contribution in [1.82, 2.24) is 9.97 Å². The first-order valence-corrected chi connectivity index (χ1v) is 10.6. The van der Waals surface area contributed by atoms with E-state index in [9.17, 15) is 9.18 Å². The van der Waals surface area contributed by atoms with E-state index in [4.69, 9.17) is 4.98 Å². The Labute approximate surface area is 182 Å². The third-order valence-electron chi connectivity index (χ3n) is 5.08. The maximum absolute atomic E-state index is 13.7. The number of thiazole rings is 1. The number of hydrogen-bond donors (Lipinski definition) is 1. The lowest BCUT2D eigenvalue weighted by Crippen LogP contribution is -2.13. The Balaban J connectivity index is 1.42. The molecule has 0 aliphatic heterocycles. The minimum Gasteiger partial charge on any atom is -0.322 e. The number of aromatic nitrogens is 2. The summed E-state index contributed by atoms with van der Waals surface area (Å²) in [7, 11) is 0. The first-order chi connectivity index (χ1) is 15.0. The van der Waals surface area contributed by atoms with E-state index < -0.39 is 5.82 Å². The van der Waals surface area contributed by atoms with Crippen LogP contribution in [0.1, 0.15) is 21.6 Å². The molecule has 0 aliphatic rings. The number of hydrogen-bond acceptors (Lipinski definition) is 4. The van der Waals surface area contributed by atoms with Crippen LogP contribution in [0.2, 0.25) is 0 Å². The van der Waals surface area contributed by atoms with E-state index in [1.165, 1.54) is 17.7 Å². The smallest absolute Gasteiger partial charge is 0.256 e. The Bertz CT molecular complexity index is 1460. The van der Waals surface area contributed by atoms with Gasteiger partial charge in [-0.05, 0) is 80.1 Å². The highest BCUT2D eigenvalue weighted by molar-refractivity contribution is 7.21. The summed E-state index contributed by atoms with van der Waals surface area (Å²) in [6.45, 7) is 3.88. The number of pyridine rings is 1. The van der Waals surface area contributed by atoms with Gasteiger partial charge in [0.25, 0.3) is 5.91 Å². The minimum absolute atomic E-state index is 0.302. The van der Waals surface area contributed by atoms with E-state index in [1.54, 1.807) is 23.5 Å². The molecule has 0 saturated carbocycles. The zero-order valence-electron chi connectivity index (χ0n) is 16.9. The van der Waals surface area contributed by atoms with Gasteiger partial charge in [-0.25, -0.2) is 9.37 Å². The molecule has 2 heterocycles. The average molecular weight is 428 g/mol. The molecule has 0 aliphatic carbocycles. The van der Waals surface area contributed by atoms with Gasteiger partial charge in [0.2, 0.25) is 0 Å². The quantitative estimate of drug-likeness (QED) is 0.357. The molecule has 0 radical (unpaired) electrons. The van der Waals surface area contributed by atoms with E-state index in [1.807, 2.05) is 37.3 Å². The molecule has 0 unspecified atom stereocenters. The van der Waals surface area contributed by atoms with Crippen molar-refractivity contribution in [1.29, 1.82) is 0 Å². The summed E-state index contributed by atoms with van der Waals surface area (Å²) in [5.41, 5.74) is 5.52. The standard InChI is InChI=1S/C25H18FN3OS/c1-14-3-9-22-23(11-14)31-25(29-22)16-4-7-18(8-5-16)28-24(30)20-12-15(2)27-21-10-6-17(26)13-19(20)21/h3-13H,1-2H3,(H,28,30). The van der Waals surface area contributed by atoms with Gasteiger partial charge in [-0.3, -0.25) is 9.78 Å². The Hall–Kier alpha value is -3.64. The van der Waals surface area contributed by atoms with Crippen molar-refractivity contribution in [3.05, 3.63) is 89.4 Å². The van der Waals surface area contributed by atoms with Crippen LogP contribution in [0.25, 0.3) is 31.7 Å². The van der Waals surface area contributed by atoms with E-state index in [-0.39, 0.29) is 5.91 Å². The van der Waals surface area contributed by atoms with Gasteiger partial charge >= 0.3 is 0 Å². The highest BCUT2D eigenvalue weighted by atomic mass is 32.1. The summed E-state index contributed by atoms with van der Waals surface area (Å²) >= 11 is 1.64. The van der Waals surface area contributed by atoms with Gasteiger partial charge in [0.05, 0.1) is 21.3 Å². The number of carbonyl (C=O) groups is 1. The number of fused-ring (bicyclic) bond motifs is 2. The lowest BCUT2D eigenvalue weighted by atomic mass is 10.1. The summed E-state index contributed by atoms with van der Waals surface area (Å²) in [4.78, 5) is 22.0. The largest absolute Gasteiger partial charge is 0.322 e. The molecule has 1 N–H and O–H groups in total. The maximum atomic E-state index is 13.7. The van der Waals surface area contributed by atoms with E-state index in [2.05, 4.69) is 29.4 Å². The number of benzene rings is 3. The minimum atomic E-state index is -0.400. The van der Waals surface area contributed by atoms with Crippen molar-refractivity contribution in [2.24, 2.45) is 0 Å². The van der Waals surface area contributed by atoms with Crippen molar-refractivity contribution in [2.45, 2.75) is 13.8 Å². The topological polar surface area (TPSA) is 54.9 Å². The summed E-state index contributed by atoms with van der Waals surface area (Å²) in [6.07, 6.45) is 0. The van der Waals surface area contributed by atoms with Crippen molar-refractivity contribution in [3.63, 3.8) is 0 Å². The molecule has 0 fully saturated rings. The number of nitrogens with zero attached hydrogens (tertiary/aromatic N) is 2. The molecule has 3 aromatic carbocycles. The number of carbonyl (C=O) groups excluding carboxylic acids is 1. The van der Waals surface area contributed by atoms with Crippen LogP contribution in [-0.4, -0.2) is 15.9 Å². The molecule has 1 amide bonds. The summed E-state index contributed by atoms with van der Waals surface area (Å²) < 4.78 is 14.9. The van der Waals surface area contributed by atoms with E-state index in [0.29, 0.717) is 27.8 Å². The van der Waals surface area contributed by atoms with Gasteiger partial charge in [0.15, 0.2) is 0 Å². The fourth-order valence-corrected chi connectivity index (χ4v) is 4.64. The molecule has 31 heavy (non-hydrogen) atoms. The Kier molecular flexibility index (Phi) is 4.71. The monoisotopic (exact) mass is 427 g/mol. The van der Waals surface area contributed by atoms with Gasteiger partial charge in [0, 0.05) is 22.3 Å². The first-order valence-electron chi connectivity index (χ1n) is 9.82. The van der Waals surface area contributed by atoms with Gasteiger partial charge in [0.1, 0.15) is 10.8 Å². The summed E-state index contributed by atoms with van der Waals surface area (Å²) in [5.74, 6) is -0.702.